The fraction of sp³-hybridized carbons (Fsp3) is 0.118. The molecule has 0 amide bonds. The molecule has 0 unspecified atom stereocenters. The first-order valence-corrected chi connectivity index (χ1v) is 6.76. The first kappa shape index (κ1) is 13.5. The molecule has 3 N–H and O–H groups in total. The minimum absolute atomic E-state index is 0.0197. The van der Waals surface area contributed by atoms with Crippen LogP contribution in [-0.2, 0) is 13.2 Å². The van der Waals surface area contributed by atoms with Crippen molar-refractivity contribution in [2.24, 2.45) is 5.73 Å². The zero-order valence-corrected chi connectivity index (χ0v) is 11.5. The third-order valence-electron chi connectivity index (χ3n) is 3.33. The Morgan fingerprint density at radius 3 is 2.52 bits per heavy atom. The van der Waals surface area contributed by atoms with Crippen LogP contribution >= 0.6 is 0 Å². The number of fused-ring (bicyclic) bond motifs is 1. The second kappa shape index (κ2) is 5.91. The lowest BCUT2D eigenvalue weighted by Crippen LogP contribution is -2.00. The third-order valence-corrected chi connectivity index (χ3v) is 3.33. The van der Waals surface area contributed by atoms with Crippen LogP contribution in [0.1, 0.15) is 11.1 Å². The van der Waals surface area contributed by atoms with Crippen LogP contribution in [0.15, 0.2) is 54.6 Å². The lowest BCUT2D eigenvalue weighted by atomic mass is 10.1. The summed E-state index contributed by atoms with van der Waals surface area (Å²) in [5.41, 5.74) is 8.51. The van der Waals surface area contributed by atoms with Crippen molar-refractivity contribution in [3.05, 3.63) is 65.7 Å². The van der Waals surface area contributed by atoms with Gasteiger partial charge in [0.1, 0.15) is 5.75 Å². The molecule has 0 radical (unpaired) electrons. The number of aliphatic hydroxyl groups is 1. The summed E-state index contributed by atoms with van der Waals surface area (Å²) in [6, 6.07) is 17.0. The fourth-order valence-electron chi connectivity index (χ4n) is 2.23. The number of hydrogen-bond donors (Lipinski definition) is 2. The van der Waals surface area contributed by atoms with Gasteiger partial charge in [0.15, 0.2) is 0 Å². The summed E-state index contributed by atoms with van der Waals surface area (Å²) in [6.45, 7) is 0.453. The molecule has 0 aliphatic heterocycles. The number of nitrogens with two attached hydrogens (primary N) is 1. The zero-order chi connectivity index (χ0) is 14.7. The number of aromatic nitrogens is 1. The summed E-state index contributed by atoms with van der Waals surface area (Å²) in [6.07, 6.45) is 0. The Morgan fingerprint density at radius 2 is 1.81 bits per heavy atom. The zero-order valence-electron chi connectivity index (χ0n) is 11.5. The van der Waals surface area contributed by atoms with E-state index in [-0.39, 0.29) is 6.61 Å². The Balaban J connectivity index is 1.96. The molecule has 0 atom stereocenters. The van der Waals surface area contributed by atoms with Crippen molar-refractivity contribution in [2.75, 3.05) is 0 Å². The van der Waals surface area contributed by atoms with E-state index in [0.29, 0.717) is 18.2 Å². The molecule has 4 nitrogen and oxygen atoms in total. The molecule has 0 saturated carbocycles. The molecule has 21 heavy (non-hydrogen) atoms. The average Bonchev–Trinajstić information content (AvgIpc) is 2.55. The van der Waals surface area contributed by atoms with E-state index in [0.717, 1.165) is 22.0 Å². The molecule has 106 valence electrons. The van der Waals surface area contributed by atoms with Crippen molar-refractivity contribution >= 4 is 10.9 Å². The molecule has 3 rings (SSSR count). The molecular formula is C17H16N2O2. The van der Waals surface area contributed by atoms with Gasteiger partial charge in [0, 0.05) is 18.0 Å². The summed E-state index contributed by atoms with van der Waals surface area (Å²) in [7, 11) is 0. The van der Waals surface area contributed by atoms with E-state index < -0.39 is 0 Å². The molecular weight excluding hydrogens is 264 g/mol. The molecule has 1 aromatic heterocycles. The smallest absolute Gasteiger partial charge is 0.220 e. The maximum absolute atomic E-state index is 9.04. The van der Waals surface area contributed by atoms with Crippen LogP contribution in [0.3, 0.4) is 0 Å². The molecule has 0 saturated heterocycles. The Labute approximate surface area is 122 Å². The summed E-state index contributed by atoms with van der Waals surface area (Å²) in [4.78, 5) is 4.49. The van der Waals surface area contributed by atoms with E-state index in [1.165, 1.54) is 0 Å². The van der Waals surface area contributed by atoms with E-state index in [1.54, 1.807) is 0 Å². The van der Waals surface area contributed by atoms with Gasteiger partial charge in [-0.15, -0.1) is 0 Å². The van der Waals surface area contributed by atoms with Crippen molar-refractivity contribution in [2.45, 2.75) is 13.2 Å². The molecule has 0 aliphatic carbocycles. The summed E-state index contributed by atoms with van der Waals surface area (Å²) < 4.78 is 5.78. The summed E-state index contributed by atoms with van der Waals surface area (Å²) >= 11 is 0. The second-order valence-corrected chi connectivity index (χ2v) is 4.75. The standard InChI is InChI=1S/C17H16N2O2/c18-10-13-9-17(19-16-4-2-1-3-15(13)16)21-14-7-5-12(11-20)6-8-14/h1-9,20H,10-11,18H2. The number of para-hydroxylation sites is 1. The highest BCUT2D eigenvalue weighted by molar-refractivity contribution is 5.82. The largest absolute Gasteiger partial charge is 0.439 e. The maximum Gasteiger partial charge on any atom is 0.220 e. The first-order chi connectivity index (χ1) is 10.3. The molecule has 4 heteroatoms. The number of hydrogen-bond acceptors (Lipinski definition) is 4. The lowest BCUT2D eigenvalue weighted by molar-refractivity contribution is 0.281. The highest BCUT2D eigenvalue weighted by Crippen LogP contribution is 2.25. The Bertz CT molecular complexity index is 754. The van der Waals surface area contributed by atoms with Crippen molar-refractivity contribution in [1.29, 1.82) is 0 Å². The van der Waals surface area contributed by atoms with E-state index in [4.69, 9.17) is 15.6 Å². The van der Waals surface area contributed by atoms with Crippen LogP contribution in [0.2, 0.25) is 0 Å². The van der Waals surface area contributed by atoms with Crippen molar-refractivity contribution < 1.29 is 9.84 Å². The molecule has 1 heterocycles. The molecule has 0 bridgehead atoms. The van der Waals surface area contributed by atoms with Gasteiger partial charge in [0.2, 0.25) is 5.88 Å². The highest BCUT2D eigenvalue weighted by atomic mass is 16.5. The van der Waals surface area contributed by atoms with E-state index in [9.17, 15) is 0 Å². The van der Waals surface area contributed by atoms with Crippen LogP contribution in [0.4, 0.5) is 0 Å². The van der Waals surface area contributed by atoms with Gasteiger partial charge in [0.05, 0.1) is 12.1 Å². The van der Waals surface area contributed by atoms with E-state index >= 15 is 0 Å². The van der Waals surface area contributed by atoms with Crippen LogP contribution in [0, 0.1) is 0 Å². The third kappa shape index (κ3) is 2.86. The van der Waals surface area contributed by atoms with Crippen LogP contribution in [0.5, 0.6) is 11.6 Å². The van der Waals surface area contributed by atoms with Crippen molar-refractivity contribution in [1.82, 2.24) is 4.98 Å². The number of rotatable bonds is 4. The summed E-state index contributed by atoms with van der Waals surface area (Å²) in [5.74, 6) is 1.20. The van der Waals surface area contributed by atoms with Crippen molar-refractivity contribution in [3.8, 4) is 11.6 Å². The minimum atomic E-state index is 0.0197. The Morgan fingerprint density at radius 1 is 1.05 bits per heavy atom. The van der Waals surface area contributed by atoms with Gasteiger partial charge >= 0.3 is 0 Å². The average molecular weight is 280 g/mol. The maximum atomic E-state index is 9.04. The number of aliphatic hydroxyl groups excluding tert-OH is 1. The SMILES string of the molecule is NCc1cc(Oc2ccc(CO)cc2)nc2ccccc12. The minimum Gasteiger partial charge on any atom is -0.439 e. The monoisotopic (exact) mass is 280 g/mol. The molecule has 0 aliphatic rings. The van der Waals surface area contributed by atoms with E-state index in [2.05, 4.69) is 4.98 Å². The molecule has 3 aromatic rings. The van der Waals surface area contributed by atoms with Crippen LogP contribution in [-0.4, -0.2) is 10.1 Å². The number of ether oxygens (including phenoxy) is 1. The van der Waals surface area contributed by atoms with Crippen LogP contribution in [0.25, 0.3) is 10.9 Å². The van der Waals surface area contributed by atoms with Gasteiger partial charge in [-0.25, -0.2) is 4.98 Å². The molecule has 0 fully saturated rings. The second-order valence-electron chi connectivity index (χ2n) is 4.75. The molecule has 2 aromatic carbocycles. The fourth-order valence-corrected chi connectivity index (χ4v) is 2.23. The summed E-state index contributed by atoms with van der Waals surface area (Å²) in [5, 5.41) is 10.1. The van der Waals surface area contributed by atoms with Gasteiger partial charge in [0.25, 0.3) is 0 Å². The predicted molar refractivity (Wildman–Crippen MR) is 82.1 cm³/mol. The van der Waals surface area contributed by atoms with Gasteiger partial charge in [-0.1, -0.05) is 30.3 Å². The van der Waals surface area contributed by atoms with Gasteiger partial charge in [-0.3, -0.25) is 0 Å². The van der Waals surface area contributed by atoms with Crippen LogP contribution < -0.4 is 10.5 Å². The number of nitrogens with zero attached hydrogens (tertiary/aromatic N) is 1. The topological polar surface area (TPSA) is 68.4 Å². The van der Waals surface area contributed by atoms with Gasteiger partial charge in [-0.2, -0.15) is 0 Å². The molecule has 0 spiro atoms. The number of benzene rings is 2. The Hall–Kier alpha value is -2.43. The van der Waals surface area contributed by atoms with Gasteiger partial charge < -0.3 is 15.6 Å². The predicted octanol–water partition coefficient (Wildman–Crippen LogP) is 2.98. The Kier molecular flexibility index (Phi) is 3.81. The van der Waals surface area contributed by atoms with Gasteiger partial charge in [-0.05, 0) is 29.3 Å². The lowest BCUT2D eigenvalue weighted by Gasteiger charge is -2.09. The quantitative estimate of drug-likeness (QED) is 0.771. The first-order valence-electron chi connectivity index (χ1n) is 6.76. The van der Waals surface area contributed by atoms with Crippen molar-refractivity contribution in [3.63, 3.8) is 0 Å². The highest BCUT2D eigenvalue weighted by Gasteiger charge is 2.06. The normalized spacial score (nSPS) is 10.8. The van der Waals surface area contributed by atoms with E-state index in [1.807, 2.05) is 54.6 Å². The number of pyridine rings is 1.